The number of para-hydroxylation sites is 2. The Kier molecular flexibility index (Phi) is 5.67. The minimum atomic E-state index is -0.417. The third kappa shape index (κ3) is 3.96. The Hall–Kier alpha value is -4.27. The highest BCUT2D eigenvalue weighted by Gasteiger charge is 2.27. The fraction of sp³-hybridized carbons (Fsp3) is 0.240. The van der Waals surface area contributed by atoms with Gasteiger partial charge >= 0.3 is 0 Å². The molecule has 1 aliphatic heterocycles. The van der Waals surface area contributed by atoms with E-state index < -0.39 is 4.92 Å². The molecular weight excluding hydrogens is 436 g/mol. The van der Waals surface area contributed by atoms with Gasteiger partial charge in [-0.1, -0.05) is 24.3 Å². The minimum Gasteiger partial charge on any atom is -0.495 e. The Morgan fingerprint density at radius 1 is 1.06 bits per heavy atom. The lowest BCUT2D eigenvalue weighted by atomic mass is 10.2. The summed E-state index contributed by atoms with van der Waals surface area (Å²) in [5.41, 5.74) is 3.68. The quantitative estimate of drug-likeness (QED) is 0.317. The molecule has 174 valence electrons. The maximum atomic E-state index is 13.5. The largest absolute Gasteiger partial charge is 0.495 e. The summed E-state index contributed by atoms with van der Waals surface area (Å²) in [5.74, 6) is 0.727. The lowest BCUT2D eigenvalue weighted by molar-refractivity contribution is -0.384. The third-order valence-electron chi connectivity index (χ3n) is 6.20. The number of non-ortho nitro benzene ring substituents is 1. The van der Waals surface area contributed by atoms with Crippen LogP contribution in [0.15, 0.2) is 71.3 Å². The van der Waals surface area contributed by atoms with Gasteiger partial charge in [-0.15, -0.1) is 0 Å². The number of furan rings is 1. The summed E-state index contributed by atoms with van der Waals surface area (Å²) in [5, 5.41) is 11.2. The molecule has 0 bridgehead atoms. The molecule has 0 unspecified atom stereocenters. The molecule has 0 aliphatic carbocycles. The van der Waals surface area contributed by atoms with Crippen LogP contribution in [-0.4, -0.2) is 53.6 Å². The van der Waals surface area contributed by atoms with E-state index in [0.717, 1.165) is 22.5 Å². The zero-order valence-electron chi connectivity index (χ0n) is 18.7. The highest BCUT2D eigenvalue weighted by atomic mass is 16.6. The number of aromatic nitrogens is 1. The summed E-state index contributed by atoms with van der Waals surface area (Å²) in [6.45, 7) is 2.84. The van der Waals surface area contributed by atoms with Crippen molar-refractivity contribution >= 4 is 28.4 Å². The molecule has 34 heavy (non-hydrogen) atoms. The van der Waals surface area contributed by atoms with Gasteiger partial charge in [0.2, 0.25) is 0 Å². The first-order chi connectivity index (χ1) is 16.5. The van der Waals surface area contributed by atoms with E-state index in [2.05, 4.69) is 4.90 Å². The number of carbonyl (C=O) groups excluding carboxylic acids is 1. The number of nitro groups is 1. The van der Waals surface area contributed by atoms with Gasteiger partial charge in [-0.2, -0.15) is 0 Å². The number of piperazine rings is 1. The molecular formula is C25H24N4O5. The molecule has 9 heteroatoms. The molecule has 1 amide bonds. The second-order valence-electron chi connectivity index (χ2n) is 8.16. The summed E-state index contributed by atoms with van der Waals surface area (Å²) in [7, 11) is 1.66. The van der Waals surface area contributed by atoms with Crippen molar-refractivity contribution in [3.8, 4) is 5.75 Å². The van der Waals surface area contributed by atoms with E-state index in [1.807, 2.05) is 45.9 Å². The monoisotopic (exact) mass is 460 g/mol. The second-order valence-corrected chi connectivity index (χ2v) is 8.16. The highest BCUT2D eigenvalue weighted by molar-refractivity contribution is 5.97. The number of hydrogen-bond donors (Lipinski definition) is 0. The van der Waals surface area contributed by atoms with Crippen LogP contribution in [0.1, 0.15) is 16.1 Å². The van der Waals surface area contributed by atoms with Gasteiger partial charge in [-0.3, -0.25) is 14.9 Å². The van der Waals surface area contributed by atoms with E-state index in [1.165, 1.54) is 12.1 Å². The van der Waals surface area contributed by atoms with E-state index in [0.29, 0.717) is 44.0 Å². The Morgan fingerprint density at radius 2 is 1.85 bits per heavy atom. The summed E-state index contributed by atoms with van der Waals surface area (Å²) in [4.78, 5) is 28.4. The molecule has 0 saturated carbocycles. The fourth-order valence-corrected chi connectivity index (χ4v) is 4.48. The van der Waals surface area contributed by atoms with Crippen LogP contribution in [0.2, 0.25) is 0 Å². The van der Waals surface area contributed by atoms with Crippen molar-refractivity contribution < 1.29 is 18.9 Å². The maximum Gasteiger partial charge on any atom is 0.270 e. The van der Waals surface area contributed by atoms with Crippen LogP contribution < -0.4 is 9.64 Å². The smallest absolute Gasteiger partial charge is 0.270 e. The molecule has 2 aromatic heterocycles. The summed E-state index contributed by atoms with van der Waals surface area (Å²) >= 11 is 0. The summed E-state index contributed by atoms with van der Waals surface area (Å²) < 4.78 is 12.9. The van der Waals surface area contributed by atoms with E-state index in [-0.39, 0.29) is 11.6 Å². The van der Waals surface area contributed by atoms with Crippen molar-refractivity contribution in [2.24, 2.45) is 0 Å². The molecule has 5 rings (SSSR count). The number of benzene rings is 2. The molecule has 1 aliphatic rings. The molecule has 0 radical (unpaired) electrons. The summed E-state index contributed by atoms with van der Waals surface area (Å²) in [6, 6.07) is 17.9. The van der Waals surface area contributed by atoms with Gasteiger partial charge in [0.05, 0.1) is 29.5 Å². The number of ether oxygens (including phenoxy) is 1. The van der Waals surface area contributed by atoms with Crippen LogP contribution in [0.25, 0.3) is 11.1 Å². The first-order valence-corrected chi connectivity index (χ1v) is 11.0. The minimum absolute atomic E-state index is 0.0217. The fourth-order valence-electron chi connectivity index (χ4n) is 4.48. The van der Waals surface area contributed by atoms with Crippen molar-refractivity contribution in [2.75, 3.05) is 38.2 Å². The van der Waals surface area contributed by atoms with Gasteiger partial charge < -0.3 is 23.5 Å². The number of nitro benzene ring substituents is 1. The van der Waals surface area contributed by atoms with Gasteiger partial charge in [0, 0.05) is 57.0 Å². The Balaban J connectivity index is 1.38. The molecule has 0 spiro atoms. The number of methoxy groups -OCH3 is 1. The van der Waals surface area contributed by atoms with Crippen molar-refractivity contribution in [1.29, 1.82) is 0 Å². The van der Waals surface area contributed by atoms with Crippen molar-refractivity contribution in [3.05, 3.63) is 88.3 Å². The number of hydrogen-bond acceptors (Lipinski definition) is 6. The lowest BCUT2D eigenvalue weighted by Crippen LogP contribution is -2.49. The van der Waals surface area contributed by atoms with Gasteiger partial charge in [-0.05, 0) is 17.7 Å². The predicted molar refractivity (Wildman–Crippen MR) is 128 cm³/mol. The lowest BCUT2D eigenvalue weighted by Gasteiger charge is -2.36. The molecule has 0 N–H and O–H groups in total. The van der Waals surface area contributed by atoms with Crippen LogP contribution in [0.4, 0.5) is 11.4 Å². The normalized spacial score (nSPS) is 13.9. The number of amides is 1. The van der Waals surface area contributed by atoms with Crippen LogP contribution in [0, 0.1) is 10.1 Å². The van der Waals surface area contributed by atoms with Crippen molar-refractivity contribution in [3.63, 3.8) is 0 Å². The van der Waals surface area contributed by atoms with E-state index in [1.54, 1.807) is 25.5 Å². The van der Waals surface area contributed by atoms with Crippen molar-refractivity contribution in [2.45, 2.75) is 6.54 Å². The number of carbonyl (C=O) groups is 1. The maximum absolute atomic E-state index is 13.5. The van der Waals surface area contributed by atoms with Gasteiger partial charge in [0.1, 0.15) is 11.4 Å². The van der Waals surface area contributed by atoms with Crippen LogP contribution in [0.3, 0.4) is 0 Å². The SMILES string of the molecule is COc1ccccc1N1CCN(C(=O)c2cc3occc3n2Cc2cccc([N+](=O)[O-])c2)CC1. The highest BCUT2D eigenvalue weighted by Crippen LogP contribution is 2.29. The average molecular weight is 460 g/mol. The standard InChI is InChI=1S/C25H24N4O5/c1-33-23-8-3-2-7-20(23)26-10-12-27(13-11-26)25(30)22-16-24-21(9-14-34-24)28(22)17-18-5-4-6-19(15-18)29(31)32/h2-9,14-16H,10-13,17H2,1H3. The predicted octanol–water partition coefficient (Wildman–Crippen LogP) is 4.16. The Labute approximate surface area is 195 Å². The van der Waals surface area contributed by atoms with E-state index in [4.69, 9.17) is 9.15 Å². The molecule has 9 nitrogen and oxygen atoms in total. The molecule has 1 fully saturated rings. The number of nitrogens with zero attached hydrogens (tertiary/aromatic N) is 4. The summed E-state index contributed by atoms with van der Waals surface area (Å²) in [6.07, 6.45) is 1.58. The number of fused-ring (bicyclic) bond motifs is 1. The van der Waals surface area contributed by atoms with E-state index in [9.17, 15) is 14.9 Å². The van der Waals surface area contributed by atoms with Gasteiger partial charge in [-0.25, -0.2) is 0 Å². The molecule has 2 aromatic carbocycles. The third-order valence-corrected chi connectivity index (χ3v) is 6.20. The topological polar surface area (TPSA) is 94.0 Å². The average Bonchev–Trinajstić information content (AvgIpc) is 3.46. The van der Waals surface area contributed by atoms with Crippen LogP contribution in [0.5, 0.6) is 5.75 Å². The Morgan fingerprint density at radius 3 is 2.62 bits per heavy atom. The molecule has 0 atom stereocenters. The zero-order valence-corrected chi connectivity index (χ0v) is 18.7. The van der Waals surface area contributed by atoms with Crippen LogP contribution in [-0.2, 0) is 6.54 Å². The van der Waals surface area contributed by atoms with Gasteiger partial charge in [0.25, 0.3) is 11.6 Å². The number of anilines is 1. The molecule has 3 heterocycles. The second kappa shape index (κ2) is 8.93. The van der Waals surface area contributed by atoms with Crippen LogP contribution >= 0.6 is 0 Å². The number of rotatable bonds is 6. The zero-order chi connectivity index (χ0) is 23.7. The molecule has 1 saturated heterocycles. The first-order valence-electron chi connectivity index (χ1n) is 11.0. The first kappa shape index (κ1) is 21.6. The van der Waals surface area contributed by atoms with E-state index >= 15 is 0 Å². The van der Waals surface area contributed by atoms with Gasteiger partial charge in [0.15, 0.2) is 5.58 Å². The Bertz CT molecular complexity index is 1350. The molecule has 4 aromatic rings. The van der Waals surface area contributed by atoms with Crippen molar-refractivity contribution in [1.82, 2.24) is 9.47 Å².